The molecule has 1 N–H and O–H groups in total. The van der Waals surface area contributed by atoms with E-state index in [1.54, 1.807) is 12.1 Å². The van der Waals surface area contributed by atoms with E-state index in [1.807, 2.05) is 18.0 Å². The molecule has 74 valence electrons. The van der Waals surface area contributed by atoms with Crippen molar-refractivity contribution in [3.8, 4) is 0 Å². The smallest absolute Gasteiger partial charge is 0.117 e. The quantitative estimate of drug-likeness (QED) is 0.803. The van der Waals surface area contributed by atoms with E-state index in [-0.39, 0.29) is 0 Å². The predicted octanol–water partition coefficient (Wildman–Crippen LogP) is 2.69. The van der Waals surface area contributed by atoms with E-state index in [0.29, 0.717) is 16.7 Å². The Labute approximate surface area is 92.3 Å². The lowest BCUT2D eigenvalue weighted by Gasteiger charge is -2.19. The van der Waals surface area contributed by atoms with Crippen LogP contribution in [-0.2, 0) is 0 Å². The number of amidine groups is 1. The largest absolute Gasteiger partial charge is 0.261 e. The summed E-state index contributed by atoms with van der Waals surface area (Å²) in [5.41, 5.74) is 3.96. The standard InChI is InChI=1S/C9H9Cl2N3/c1-6-12-5-13-14(6)9-3-2-7(10)4-8(9)11/h2-4,13H,5H2,1H3. The van der Waals surface area contributed by atoms with Crippen LogP contribution in [0, 0.1) is 0 Å². The monoisotopic (exact) mass is 229 g/mol. The van der Waals surface area contributed by atoms with Crippen LogP contribution >= 0.6 is 23.2 Å². The summed E-state index contributed by atoms with van der Waals surface area (Å²) in [6.07, 6.45) is 0. The van der Waals surface area contributed by atoms with Gasteiger partial charge in [0.15, 0.2) is 0 Å². The first kappa shape index (κ1) is 9.77. The van der Waals surface area contributed by atoms with Crippen LogP contribution in [0.1, 0.15) is 6.92 Å². The summed E-state index contributed by atoms with van der Waals surface area (Å²) in [7, 11) is 0. The molecular weight excluding hydrogens is 221 g/mol. The first-order valence-electron chi connectivity index (χ1n) is 4.18. The summed E-state index contributed by atoms with van der Waals surface area (Å²) < 4.78 is 0. The maximum absolute atomic E-state index is 6.05. The molecule has 1 aromatic carbocycles. The Morgan fingerprint density at radius 2 is 2.21 bits per heavy atom. The van der Waals surface area contributed by atoms with Gasteiger partial charge in [-0.15, -0.1) is 0 Å². The number of nitrogens with one attached hydrogen (secondary N) is 1. The average molecular weight is 230 g/mol. The van der Waals surface area contributed by atoms with Crippen LogP contribution in [0.5, 0.6) is 0 Å². The molecule has 0 aliphatic carbocycles. The average Bonchev–Trinajstić information content (AvgIpc) is 2.52. The SMILES string of the molecule is CC1=NCNN1c1ccc(Cl)cc1Cl. The molecule has 14 heavy (non-hydrogen) atoms. The van der Waals surface area contributed by atoms with Crippen molar-refractivity contribution in [3.05, 3.63) is 28.2 Å². The molecule has 1 aliphatic heterocycles. The van der Waals surface area contributed by atoms with Gasteiger partial charge in [-0.25, -0.2) is 5.43 Å². The molecule has 1 aromatic rings. The van der Waals surface area contributed by atoms with Crippen LogP contribution in [0.15, 0.2) is 23.2 Å². The highest BCUT2D eigenvalue weighted by Gasteiger charge is 2.16. The summed E-state index contributed by atoms with van der Waals surface area (Å²) in [6, 6.07) is 5.38. The van der Waals surface area contributed by atoms with Gasteiger partial charge in [0.05, 0.1) is 10.7 Å². The second-order valence-corrected chi connectivity index (χ2v) is 3.80. The van der Waals surface area contributed by atoms with Gasteiger partial charge in [-0.1, -0.05) is 23.2 Å². The van der Waals surface area contributed by atoms with Crippen molar-refractivity contribution in [2.75, 3.05) is 11.7 Å². The molecule has 1 heterocycles. The van der Waals surface area contributed by atoms with Crippen molar-refractivity contribution < 1.29 is 0 Å². The molecule has 5 heteroatoms. The van der Waals surface area contributed by atoms with Gasteiger partial charge in [0.2, 0.25) is 0 Å². The fourth-order valence-electron chi connectivity index (χ4n) is 1.33. The lowest BCUT2D eigenvalue weighted by atomic mass is 10.3. The van der Waals surface area contributed by atoms with E-state index in [2.05, 4.69) is 10.4 Å². The highest BCUT2D eigenvalue weighted by atomic mass is 35.5. The van der Waals surface area contributed by atoms with Crippen LogP contribution in [0.3, 0.4) is 0 Å². The van der Waals surface area contributed by atoms with Crippen molar-refractivity contribution in [2.24, 2.45) is 4.99 Å². The molecule has 0 spiro atoms. The number of benzene rings is 1. The first-order valence-corrected chi connectivity index (χ1v) is 4.94. The number of hydrogen-bond donors (Lipinski definition) is 1. The summed E-state index contributed by atoms with van der Waals surface area (Å²) in [4.78, 5) is 4.20. The predicted molar refractivity (Wildman–Crippen MR) is 60.1 cm³/mol. The summed E-state index contributed by atoms with van der Waals surface area (Å²) in [5.74, 6) is 0.897. The zero-order valence-electron chi connectivity index (χ0n) is 7.59. The summed E-state index contributed by atoms with van der Waals surface area (Å²) >= 11 is 11.9. The number of hydrazine groups is 1. The minimum absolute atomic E-state index is 0.588. The molecule has 0 amide bonds. The Balaban J connectivity index is 2.37. The van der Waals surface area contributed by atoms with Gasteiger partial charge < -0.3 is 0 Å². The molecule has 3 nitrogen and oxygen atoms in total. The van der Waals surface area contributed by atoms with E-state index in [9.17, 15) is 0 Å². The van der Waals surface area contributed by atoms with Gasteiger partial charge in [0.25, 0.3) is 0 Å². The molecule has 2 rings (SSSR count). The number of nitrogens with zero attached hydrogens (tertiary/aromatic N) is 2. The van der Waals surface area contributed by atoms with Crippen molar-refractivity contribution in [3.63, 3.8) is 0 Å². The van der Waals surface area contributed by atoms with Crippen LogP contribution in [0.25, 0.3) is 0 Å². The van der Waals surface area contributed by atoms with E-state index in [4.69, 9.17) is 23.2 Å². The van der Waals surface area contributed by atoms with Crippen LogP contribution in [0.2, 0.25) is 10.0 Å². The molecule has 0 atom stereocenters. The molecule has 0 bridgehead atoms. The lowest BCUT2D eigenvalue weighted by Crippen LogP contribution is -2.35. The van der Waals surface area contributed by atoms with Crippen molar-refractivity contribution in [1.29, 1.82) is 0 Å². The number of hydrogen-bond acceptors (Lipinski definition) is 3. The van der Waals surface area contributed by atoms with Gasteiger partial charge in [-0.05, 0) is 25.1 Å². The molecule has 0 unspecified atom stereocenters. The molecule has 0 aromatic heterocycles. The fourth-order valence-corrected chi connectivity index (χ4v) is 1.82. The zero-order chi connectivity index (χ0) is 10.1. The van der Waals surface area contributed by atoms with Gasteiger partial charge in [-0.2, -0.15) is 0 Å². The number of rotatable bonds is 1. The molecular formula is C9H9Cl2N3. The zero-order valence-corrected chi connectivity index (χ0v) is 9.10. The first-order chi connectivity index (χ1) is 6.68. The molecule has 0 radical (unpaired) electrons. The third-order valence-corrected chi connectivity index (χ3v) is 2.55. The minimum Gasteiger partial charge on any atom is -0.261 e. The Morgan fingerprint density at radius 3 is 2.79 bits per heavy atom. The van der Waals surface area contributed by atoms with Gasteiger partial charge in [0, 0.05) is 5.02 Å². The maximum Gasteiger partial charge on any atom is 0.117 e. The highest BCUT2D eigenvalue weighted by Crippen LogP contribution is 2.28. The van der Waals surface area contributed by atoms with Gasteiger partial charge in [0.1, 0.15) is 12.5 Å². The van der Waals surface area contributed by atoms with E-state index >= 15 is 0 Å². The van der Waals surface area contributed by atoms with Crippen LogP contribution in [-0.4, -0.2) is 12.5 Å². The summed E-state index contributed by atoms with van der Waals surface area (Å²) in [6.45, 7) is 2.51. The minimum atomic E-state index is 0.588. The van der Waals surface area contributed by atoms with Crippen molar-refractivity contribution in [1.82, 2.24) is 5.43 Å². The van der Waals surface area contributed by atoms with Gasteiger partial charge in [-0.3, -0.25) is 10.0 Å². The Bertz CT molecular complexity index is 390. The van der Waals surface area contributed by atoms with Crippen LogP contribution in [0.4, 0.5) is 5.69 Å². The maximum atomic E-state index is 6.05. The van der Waals surface area contributed by atoms with E-state index in [0.717, 1.165) is 11.5 Å². The fraction of sp³-hybridized carbons (Fsp3) is 0.222. The Kier molecular flexibility index (Phi) is 2.63. The molecule has 0 fully saturated rings. The summed E-state index contributed by atoms with van der Waals surface area (Å²) in [5, 5.41) is 3.09. The highest BCUT2D eigenvalue weighted by molar-refractivity contribution is 6.36. The third kappa shape index (κ3) is 1.71. The lowest BCUT2D eigenvalue weighted by molar-refractivity contribution is 0.795. The second kappa shape index (κ2) is 3.77. The molecule has 0 saturated carbocycles. The van der Waals surface area contributed by atoms with Gasteiger partial charge >= 0.3 is 0 Å². The molecule has 1 aliphatic rings. The number of anilines is 1. The molecule has 0 saturated heterocycles. The third-order valence-electron chi connectivity index (χ3n) is 2.01. The number of halogens is 2. The Morgan fingerprint density at radius 1 is 1.43 bits per heavy atom. The normalized spacial score (nSPS) is 15.9. The van der Waals surface area contributed by atoms with Crippen LogP contribution < -0.4 is 10.4 Å². The van der Waals surface area contributed by atoms with E-state index < -0.39 is 0 Å². The Hall–Kier alpha value is -0.770. The van der Waals surface area contributed by atoms with E-state index in [1.165, 1.54) is 0 Å². The van der Waals surface area contributed by atoms with Crippen molar-refractivity contribution >= 4 is 34.7 Å². The second-order valence-electron chi connectivity index (χ2n) is 2.95. The van der Waals surface area contributed by atoms with Crippen molar-refractivity contribution in [2.45, 2.75) is 6.92 Å². The topological polar surface area (TPSA) is 27.6 Å². The number of aliphatic imine (C=N–C) groups is 1.